The lowest BCUT2D eigenvalue weighted by Crippen LogP contribution is -2.10. The lowest BCUT2D eigenvalue weighted by Gasteiger charge is -2.09. The van der Waals surface area contributed by atoms with Crippen molar-refractivity contribution >= 4 is 22.7 Å². The summed E-state index contributed by atoms with van der Waals surface area (Å²) in [7, 11) is 0. The number of hydrogen-bond acceptors (Lipinski definition) is 3. The van der Waals surface area contributed by atoms with Crippen molar-refractivity contribution in [1.29, 1.82) is 0 Å². The maximum Gasteiger partial charge on any atom is 0.134 e. The summed E-state index contributed by atoms with van der Waals surface area (Å²) < 4.78 is 5.87. The largest absolute Gasteiger partial charge is 0.459 e. The number of benzene rings is 2. The lowest BCUT2D eigenvalue weighted by molar-refractivity contribution is 0.525. The Labute approximate surface area is 123 Å². The monoisotopic (exact) mass is 283 g/mol. The molecule has 1 atom stereocenters. The molecule has 2 N–H and O–H groups in total. The first kappa shape index (κ1) is 13.3. The minimum Gasteiger partial charge on any atom is -0.459 e. The smallest absolute Gasteiger partial charge is 0.134 e. The summed E-state index contributed by atoms with van der Waals surface area (Å²) in [4.78, 5) is 1.24. The molecule has 0 aliphatic heterocycles. The van der Waals surface area contributed by atoms with Crippen molar-refractivity contribution in [3.05, 3.63) is 65.4 Å². The van der Waals surface area contributed by atoms with E-state index in [1.807, 2.05) is 12.1 Å². The maximum atomic E-state index is 6.31. The number of thioether (sulfide) groups is 1. The molecule has 0 saturated heterocycles. The van der Waals surface area contributed by atoms with Gasteiger partial charge in [-0.05, 0) is 49.1 Å². The summed E-state index contributed by atoms with van der Waals surface area (Å²) in [5, 5.41) is 1.11. The Kier molecular flexibility index (Phi) is 3.55. The standard InChI is InChI=1S/C17H17NOS/c1-11-3-8-15-13(9-11)10-16(19-15)17(18)12-4-6-14(20-2)7-5-12/h3-10,17H,18H2,1-2H3. The number of furan rings is 1. The predicted octanol–water partition coefficient (Wildman–Crippen LogP) is 4.51. The maximum absolute atomic E-state index is 6.31. The first-order valence-electron chi connectivity index (χ1n) is 6.57. The number of fused-ring (bicyclic) bond motifs is 1. The SMILES string of the molecule is CSc1ccc(C(N)c2cc3cc(C)ccc3o2)cc1. The summed E-state index contributed by atoms with van der Waals surface area (Å²) in [6, 6.07) is 16.3. The number of hydrogen-bond donors (Lipinski definition) is 1. The molecule has 0 amide bonds. The molecular formula is C17H17NOS. The molecule has 0 saturated carbocycles. The van der Waals surface area contributed by atoms with Crippen LogP contribution in [0.15, 0.2) is 57.8 Å². The average Bonchev–Trinajstić information content (AvgIpc) is 2.89. The third-order valence-corrected chi connectivity index (χ3v) is 4.22. The Hall–Kier alpha value is -1.71. The number of nitrogens with two attached hydrogens (primary N) is 1. The molecule has 2 aromatic carbocycles. The highest BCUT2D eigenvalue weighted by molar-refractivity contribution is 7.98. The van der Waals surface area contributed by atoms with E-state index >= 15 is 0 Å². The van der Waals surface area contributed by atoms with Crippen LogP contribution in [0.1, 0.15) is 22.9 Å². The molecule has 20 heavy (non-hydrogen) atoms. The van der Waals surface area contributed by atoms with E-state index in [1.54, 1.807) is 11.8 Å². The molecule has 2 nitrogen and oxygen atoms in total. The van der Waals surface area contributed by atoms with Crippen LogP contribution in [0.25, 0.3) is 11.0 Å². The minimum absolute atomic E-state index is 0.224. The van der Waals surface area contributed by atoms with Crippen molar-refractivity contribution in [3.63, 3.8) is 0 Å². The van der Waals surface area contributed by atoms with Gasteiger partial charge in [-0.3, -0.25) is 0 Å². The van der Waals surface area contributed by atoms with Gasteiger partial charge < -0.3 is 10.2 Å². The zero-order valence-electron chi connectivity index (χ0n) is 11.6. The van der Waals surface area contributed by atoms with Crippen molar-refractivity contribution < 1.29 is 4.42 Å². The van der Waals surface area contributed by atoms with Crippen LogP contribution in [-0.4, -0.2) is 6.26 Å². The van der Waals surface area contributed by atoms with Gasteiger partial charge in [0.1, 0.15) is 11.3 Å². The van der Waals surface area contributed by atoms with E-state index in [2.05, 4.69) is 49.6 Å². The summed E-state index contributed by atoms with van der Waals surface area (Å²) in [6.07, 6.45) is 2.07. The molecule has 0 aliphatic rings. The van der Waals surface area contributed by atoms with Gasteiger partial charge in [0.25, 0.3) is 0 Å². The molecule has 0 fully saturated rings. The van der Waals surface area contributed by atoms with Gasteiger partial charge in [0.15, 0.2) is 0 Å². The molecule has 0 spiro atoms. The number of aryl methyl sites for hydroxylation is 1. The normalized spacial score (nSPS) is 12.8. The summed E-state index contributed by atoms with van der Waals surface area (Å²) >= 11 is 1.73. The van der Waals surface area contributed by atoms with Crippen molar-refractivity contribution in [2.24, 2.45) is 5.73 Å². The molecule has 0 aliphatic carbocycles. The second-order valence-corrected chi connectivity index (χ2v) is 5.82. The van der Waals surface area contributed by atoms with Crippen molar-refractivity contribution in [1.82, 2.24) is 0 Å². The van der Waals surface area contributed by atoms with Crippen LogP contribution in [0.5, 0.6) is 0 Å². The Balaban J connectivity index is 1.96. The lowest BCUT2D eigenvalue weighted by atomic mass is 10.1. The molecule has 3 heteroatoms. The van der Waals surface area contributed by atoms with E-state index in [0.717, 1.165) is 22.3 Å². The quantitative estimate of drug-likeness (QED) is 0.719. The van der Waals surface area contributed by atoms with Gasteiger partial charge in [0.05, 0.1) is 6.04 Å². The molecule has 1 aromatic heterocycles. The van der Waals surface area contributed by atoms with Crippen LogP contribution in [0, 0.1) is 6.92 Å². The van der Waals surface area contributed by atoms with Gasteiger partial charge >= 0.3 is 0 Å². The molecule has 3 aromatic rings. The predicted molar refractivity (Wildman–Crippen MR) is 85.2 cm³/mol. The van der Waals surface area contributed by atoms with E-state index in [9.17, 15) is 0 Å². The minimum atomic E-state index is -0.224. The highest BCUT2D eigenvalue weighted by Gasteiger charge is 2.14. The third-order valence-electron chi connectivity index (χ3n) is 3.47. The summed E-state index contributed by atoms with van der Waals surface area (Å²) in [5.74, 6) is 0.808. The fourth-order valence-electron chi connectivity index (χ4n) is 2.31. The molecule has 1 heterocycles. The molecule has 0 radical (unpaired) electrons. The van der Waals surface area contributed by atoms with Crippen molar-refractivity contribution in [2.45, 2.75) is 17.9 Å². The third kappa shape index (κ3) is 2.47. The summed E-state index contributed by atoms with van der Waals surface area (Å²) in [5.41, 5.74) is 9.49. The first-order chi connectivity index (χ1) is 9.67. The van der Waals surface area contributed by atoms with Gasteiger partial charge in [-0.15, -0.1) is 11.8 Å². The van der Waals surface area contributed by atoms with Crippen LogP contribution in [-0.2, 0) is 0 Å². The van der Waals surface area contributed by atoms with Crippen LogP contribution in [0.2, 0.25) is 0 Å². The molecule has 3 rings (SSSR count). The summed E-state index contributed by atoms with van der Waals surface area (Å²) in [6.45, 7) is 2.08. The fourth-order valence-corrected chi connectivity index (χ4v) is 2.72. The topological polar surface area (TPSA) is 39.2 Å². The van der Waals surface area contributed by atoms with Gasteiger partial charge in [-0.2, -0.15) is 0 Å². The molecule has 1 unspecified atom stereocenters. The zero-order chi connectivity index (χ0) is 14.1. The van der Waals surface area contributed by atoms with Gasteiger partial charge in [0.2, 0.25) is 0 Å². The van der Waals surface area contributed by atoms with Crippen molar-refractivity contribution in [2.75, 3.05) is 6.26 Å². The van der Waals surface area contributed by atoms with Crippen LogP contribution < -0.4 is 5.73 Å². The molecular weight excluding hydrogens is 266 g/mol. The van der Waals surface area contributed by atoms with Gasteiger partial charge in [-0.1, -0.05) is 23.8 Å². The highest BCUT2D eigenvalue weighted by Crippen LogP contribution is 2.28. The Morgan fingerprint density at radius 3 is 2.50 bits per heavy atom. The van der Waals surface area contributed by atoms with E-state index in [4.69, 9.17) is 10.2 Å². The van der Waals surface area contributed by atoms with E-state index in [-0.39, 0.29) is 6.04 Å². The zero-order valence-corrected chi connectivity index (χ0v) is 12.4. The molecule has 0 bridgehead atoms. The van der Waals surface area contributed by atoms with E-state index < -0.39 is 0 Å². The number of rotatable bonds is 3. The van der Waals surface area contributed by atoms with Gasteiger partial charge in [0, 0.05) is 10.3 Å². The van der Waals surface area contributed by atoms with Crippen LogP contribution in [0.3, 0.4) is 0 Å². The van der Waals surface area contributed by atoms with E-state index in [0.29, 0.717) is 0 Å². The second kappa shape index (κ2) is 5.35. The Bertz CT molecular complexity index is 730. The van der Waals surface area contributed by atoms with E-state index in [1.165, 1.54) is 10.5 Å². The molecule has 102 valence electrons. The fraction of sp³-hybridized carbons (Fsp3) is 0.176. The highest BCUT2D eigenvalue weighted by atomic mass is 32.2. The van der Waals surface area contributed by atoms with Crippen LogP contribution >= 0.6 is 11.8 Å². The Morgan fingerprint density at radius 1 is 1.05 bits per heavy atom. The van der Waals surface area contributed by atoms with Crippen LogP contribution in [0.4, 0.5) is 0 Å². The second-order valence-electron chi connectivity index (χ2n) is 4.94. The van der Waals surface area contributed by atoms with Gasteiger partial charge in [-0.25, -0.2) is 0 Å². The average molecular weight is 283 g/mol. The van der Waals surface area contributed by atoms with Crippen molar-refractivity contribution in [3.8, 4) is 0 Å². The first-order valence-corrected chi connectivity index (χ1v) is 7.79. The Morgan fingerprint density at radius 2 is 1.80 bits per heavy atom.